The summed E-state index contributed by atoms with van der Waals surface area (Å²) in [5, 5.41) is 3.47. The standard InChI is InChI=1S/C14H21N3O/c1-11(15)14(18)17-9-5-8-13(10-17)16-12-6-3-2-4-7-12/h2-4,6-7,11,13,16H,5,8-10,15H2,1H3. The van der Waals surface area contributed by atoms with Crippen molar-refractivity contribution in [2.75, 3.05) is 18.4 Å². The third-order valence-electron chi connectivity index (χ3n) is 3.27. The number of hydrogen-bond acceptors (Lipinski definition) is 3. The Morgan fingerprint density at radius 2 is 2.17 bits per heavy atom. The second kappa shape index (κ2) is 5.87. The summed E-state index contributed by atoms with van der Waals surface area (Å²) in [6.07, 6.45) is 2.13. The van der Waals surface area contributed by atoms with E-state index in [0.29, 0.717) is 6.04 Å². The SMILES string of the molecule is CC(N)C(=O)N1CCCC(Nc2ccccc2)C1. The summed E-state index contributed by atoms with van der Waals surface area (Å²) in [5.41, 5.74) is 6.76. The molecule has 4 nitrogen and oxygen atoms in total. The number of nitrogens with one attached hydrogen (secondary N) is 1. The van der Waals surface area contributed by atoms with Crippen LogP contribution >= 0.6 is 0 Å². The number of carbonyl (C=O) groups is 1. The minimum atomic E-state index is -0.402. The molecular formula is C14H21N3O. The molecule has 1 aromatic rings. The van der Waals surface area contributed by atoms with Crippen molar-refractivity contribution in [3.63, 3.8) is 0 Å². The van der Waals surface area contributed by atoms with Gasteiger partial charge in [0.05, 0.1) is 6.04 Å². The van der Waals surface area contributed by atoms with E-state index in [1.165, 1.54) is 0 Å². The molecule has 18 heavy (non-hydrogen) atoms. The van der Waals surface area contributed by atoms with E-state index in [-0.39, 0.29) is 5.91 Å². The van der Waals surface area contributed by atoms with Gasteiger partial charge in [-0.25, -0.2) is 0 Å². The van der Waals surface area contributed by atoms with Crippen LogP contribution in [0.25, 0.3) is 0 Å². The molecule has 0 spiro atoms. The summed E-state index contributed by atoms with van der Waals surface area (Å²) in [5.74, 6) is 0.0505. The summed E-state index contributed by atoms with van der Waals surface area (Å²) >= 11 is 0. The first-order chi connectivity index (χ1) is 8.66. The highest BCUT2D eigenvalue weighted by Gasteiger charge is 2.25. The zero-order valence-corrected chi connectivity index (χ0v) is 10.8. The number of nitrogens with two attached hydrogens (primary N) is 1. The van der Waals surface area contributed by atoms with Crippen LogP contribution in [0.1, 0.15) is 19.8 Å². The molecule has 2 atom stereocenters. The van der Waals surface area contributed by atoms with Crippen LogP contribution in [0.2, 0.25) is 0 Å². The first-order valence-electron chi connectivity index (χ1n) is 6.53. The number of piperidine rings is 1. The average Bonchev–Trinajstić information content (AvgIpc) is 2.39. The molecule has 4 heteroatoms. The monoisotopic (exact) mass is 247 g/mol. The predicted octanol–water partition coefficient (Wildman–Crippen LogP) is 1.44. The van der Waals surface area contributed by atoms with Gasteiger partial charge in [-0.2, -0.15) is 0 Å². The summed E-state index contributed by atoms with van der Waals surface area (Å²) in [6, 6.07) is 10.0. The van der Waals surface area contributed by atoms with E-state index in [2.05, 4.69) is 5.32 Å². The lowest BCUT2D eigenvalue weighted by atomic mass is 10.0. The number of benzene rings is 1. The van der Waals surface area contributed by atoms with Crippen molar-refractivity contribution in [1.82, 2.24) is 4.90 Å². The largest absolute Gasteiger partial charge is 0.381 e. The van der Waals surface area contributed by atoms with E-state index in [1.807, 2.05) is 35.2 Å². The molecule has 98 valence electrons. The Hall–Kier alpha value is -1.55. The van der Waals surface area contributed by atoms with Crippen LogP contribution in [0, 0.1) is 0 Å². The van der Waals surface area contributed by atoms with Gasteiger partial charge in [-0.05, 0) is 31.9 Å². The van der Waals surface area contributed by atoms with Crippen molar-refractivity contribution in [3.05, 3.63) is 30.3 Å². The van der Waals surface area contributed by atoms with Gasteiger partial charge in [0.1, 0.15) is 0 Å². The van der Waals surface area contributed by atoms with E-state index < -0.39 is 6.04 Å². The topological polar surface area (TPSA) is 58.4 Å². The zero-order chi connectivity index (χ0) is 13.0. The van der Waals surface area contributed by atoms with Crippen molar-refractivity contribution >= 4 is 11.6 Å². The number of anilines is 1. The lowest BCUT2D eigenvalue weighted by Gasteiger charge is -2.34. The molecule has 2 unspecified atom stereocenters. The van der Waals surface area contributed by atoms with Crippen molar-refractivity contribution in [3.8, 4) is 0 Å². The van der Waals surface area contributed by atoms with E-state index in [0.717, 1.165) is 31.6 Å². The van der Waals surface area contributed by atoms with E-state index in [4.69, 9.17) is 5.73 Å². The quantitative estimate of drug-likeness (QED) is 0.849. The van der Waals surface area contributed by atoms with Crippen molar-refractivity contribution in [2.24, 2.45) is 5.73 Å². The van der Waals surface area contributed by atoms with Crippen LogP contribution in [-0.2, 0) is 4.79 Å². The molecular weight excluding hydrogens is 226 g/mol. The van der Waals surface area contributed by atoms with Gasteiger partial charge in [-0.1, -0.05) is 18.2 Å². The molecule has 1 aliphatic rings. The molecule has 3 N–H and O–H groups in total. The van der Waals surface area contributed by atoms with Crippen molar-refractivity contribution in [2.45, 2.75) is 31.8 Å². The number of likely N-dealkylation sites (tertiary alicyclic amines) is 1. The average molecular weight is 247 g/mol. The number of rotatable bonds is 3. The smallest absolute Gasteiger partial charge is 0.239 e. The molecule has 1 aliphatic heterocycles. The maximum Gasteiger partial charge on any atom is 0.239 e. The molecule has 1 aromatic carbocycles. The Morgan fingerprint density at radius 3 is 2.83 bits per heavy atom. The molecule has 0 radical (unpaired) electrons. The Balaban J connectivity index is 1.93. The fourth-order valence-electron chi connectivity index (χ4n) is 2.35. The maximum atomic E-state index is 11.9. The molecule has 1 heterocycles. The number of amides is 1. The highest BCUT2D eigenvalue weighted by Crippen LogP contribution is 2.16. The Labute approximate surface area is 108 Å². The molecule has 1 saturated heterocycles. The minimum absolute atomic E-state index is 0.0505. The van der Waals surface area contributed by atoms with Gasteiger partial charge in [-0.15, -0.1) is 0 Å². The lowest BCUT2D eigenvalue weighted by Crippen LogP contribution is -2.50. The molecule has 1 amide bonds. The number of para-hydroxylation sites is 1. The number of hydrogen-bond donors (Lipinski definition) is 2. The van der Waals surface area contributed by atoms with E-state index in [9.17, 15) is 4.79 Å². The van der Waals surface area contributed by atoms with E-state index in [1.54, 1.807) is 6.92 Å². The van der Waals surface area contributed by atoms with Crippen LogP contribution in [-0.4, -0.2) is 36.0 Å². The number of carbonyl (C=O) groups excluding carboxylic acids is 1. The third-order valence-corrected chi connectivity index (χ3v) is 3.27. The molecule has 0 aromatic heterocycles. The Morgan fingerprint density at radius 1 is 1.44 bits per heavy atom. The predicted molar refractivity (Wildman–Crippen MR) is 73.3 cm³/mol. The Bertz CT molecular complexity index is 391. The molecule has 0 saturated carbocycles. The fourth-order valence-corrected chi connectivity index (χ4v) is 2.35. The minimum Gasteiger partial charge on any atom is -0.381 e. The molecule has 1 fully saturated rings. The highest BCUT2D eigenvalue weighted by atomic mass is 16.2. The second-order valence-electron chi connectivity index (χ2n) is 4.92. The van der Waals surface area contributed by atoms with Gasteiger partial charge in [0.25, 0.3) is 0 Å². The van der Waals surface area contributed by atoms with Gasteiger partial charge >= 0.3 is 0 Å². The van der Waals surface area contributed by atoms with Crippen LogP contribution in [0.4, 0.5) is 5.69 Å². The summed E-state index contributed by atoms with van der Waals surface area (Å²) in [4.78, 5) is 13.7. The van der Waals surface area contributed by atoms with Crippen LogP contribution in [0.3, 0.4) is 0 Å². The van der Waals surface area contributed by atoms with Crippen molar-refractivity contribution < 1.29 is 4.79 Å². The van der Waals surface area contributed by atoms with Crippen molar-refractivity contribution in [1.29, 1.82) is 0 Å². The van der Waals surface area contributed by atoms with Gasteiger partial charge in [0, 0.05) is 24.8 Å². The normalized spacial score (nSPS) is 21.4. The van der Waals surface area contributed by atoms with Crippen LogP contribution in [0.15, 0.2) is 30.3 Å². The van der Waals surface area contributed by atoms with Crippen LogP contribution < -0.4 is 11.1 Å². The molecule has 2 rings (SSSR count). The Kier molecular flexibility index (Phi) is 4.20. The fraction of sp³-hybridized carbons (Fsp3) is 0.500. The maximum absolute atomic E-state index is 11.9. The first-order valence-corrected chi connectivity index (χ1v) is 6.53. The summed E-state index contributed by atoms with van der Waals surface area (Å²) in [6.45, 7) is 3.32. The zero-order valence-electron chi connectivity index (χ0n) is 10.8. The first kappa shape index (κ1) is 12.9. The summed E-state index contributed by atoms with van der Waals surface area (Å²) < 4.78 is 0. The molecule has 0 aliphatic carbocycles. The second-order valence-corrected chi connectivity index (χ2v) is 4.92. The summed E-state index contributed by atoms with van der Waals surface area (Å²) in [7, 11) is 0. The third kappa shape index (κ3) is 3.23. The van der Waals surface area contributed by atoms with Gasteiger partial charge < -0.3 is 16.0 Å². The lowest BCUT2D eigenvalue weighted by molar-refractivity contribution is -0.133. The highest BCUT2D eigenvalue weighted by molar-refractivity contribution is 5.81. The van der Waals surface area contributed by atoms with Crippen LogP contribution in [0.5, 0.6) is 0 Å². The van der Waals surface area contributed by atoms with Gasteiger partial charge in [-0.3, -0.25) is 4.79 Å². The molecule has 0 bridgehead atoms. The van der Waals surface area contributed by atoms with Gasteiger partial charge in [0.15, 0.2) is 0 Å². The van der Waals surface area contributed by atoms with Gasteiger partial charge in [0.2, 0.25) is 5.91 Å². The number of nitrogens with zero attached hydrogens (tertiary/aromatic N) is 1. The van der Waals surface area contributed by atoms with E-state index >= 15 is 0 Å².